The van der Waals surface area contributed by atoms with Gasteiger partial charge in [-0.15, -0.1) is 0 Å². The number of pyridine rings is 1. The molecule has 0 unspecified atom stereocenters. The minimum absolute atomic E-state index is 0.136. The first-order valence-electron chi connectivity index (χ1n) is 7.38. The normalized spacial score (nSPS) is 11.6. The number of primary sulfonamides is 1. The lowest BCUT2D eigenvalue weighted by Crippen LogP contribution is -2.12. The van der Waals surface area contributed by atoms with Gasteiger partial charge < -0.3 is 5.11 Å². The summed E-state index contributed by atoms with van der Waals surface area (Å²) in [6.45, 7) is 0.953. The highest BCUT2D eigenvalue weighted by Crippen LogP contribution is 2.27. The number of nitrogens with zero attached hydrogens (tertiary/aromatic N) is 3. The number of carboxylic acids is 1. The second-order valence-corrected chi connectivity index (χ2v) is 7.20. The monoisotopic (exact) mass is 374 g/mol. The summed E-state index contributed by atoms with van der Waals surface area (Å²) in [6, 6.07) is 6.30. The number of benzene rings is 1. The van der Waals surface area contributed by atoms with E-state index in [9.17, 15) is 18.0 Å². The summed E-state index contributed by atoms with van der Waals surface area (Å²) in [6.07, 6.45) is 2.61. The van der Waals surface area contributed by atoms with Crippen LogP contribution in [0.25, 0.3) is 22.0 Å². The van der Waals surface area contributed by atoms with Crippen LogP contribution in [0.3, 0.4) is 0 Å². The van der Waals surface area contributed by atoms with Crippen molar-refractivity contribution in [2.75, 3.05) is 0 Å². The number of hydrogen-bond acceptors (Lipinski definition) is 6. The summed E-state index contributed by atoms with van der Waals surface area (Å²) >= 11 is 0. The van der Waals surface area contributed by atoms with E-state index in [2.05, 4.69) is 10.1 Å². The molecule has 0 saturated carbocycles. The van der Waals surface area contributed by atoms with Crippen LogP contribution in [0.15, 0.2) is 41.6 Å². The molecule has 0 spiro atoms. The standard InChI is InChI=1S/C16H14N4O5S/c1-9(21)16-13-5-10(2-3-14(13)20(19-16)8-15(22)23)11-4-12(7-18-6-11)26(17,24)25/h2-7H,8H2,1H3,(H,22,23)(H2,17,24,25). The van der Waals surface area contributed by atoms with E-state index < -0.39 is 16.0 Å². The van der Waals surface area contributed by atoms with Crippen LogP contribution in [0, 0.1) is 0 Å². The van der Waals surface area contributed by atoms with Crippen molar-refractivity contribution in [2.24, 2.45) is 5.14 Å². The molecule has 3 rings (SSSR count). The van der Waals surface area contributed by atoms with E-state index in [0.29, 0.717) is 22.0 Å². The molecule has 2 heterocycles. The molecular weight excluding hydrogens is 360 g/mol. The van der Waals surface area contributed by atoms with Crippen molar-refractivity contribution in [3.05, 3.63) is 42.4 Å². The number of rotatable bonds is 5. The van der Waals surface area contributed by atoms with Gasteiger partial charge >= 0.3 is 5.97 Å². The van der Waals surface area contributed by atoms with Crippen LogP contribution in [0.5, 0.6) is 0 Å². The molecule has 134 valence electrons. The van der Waals surface area contributed by atoms with Gasteiger partial charge in [0.25, 0.3) is 0 Å². The number of aromatic nitrogens is 3. The number of carboxylic acid groups (broad SMARTS) is 1. The number of ketones is 1. The fourth-order valence-corrected chi connectivity index (χ4v) is 3.10. The zero-order chi connectivity index (χ0) is 19.1. The molecule has 1 aromatic carbocycles. The average molecular weight is 374 g/mol. The summed E-state index contributed by atoms with van der Waals surface area (Å²) in [5.74, 6) is -1.40. The van der Waals surface area contributed by atoms with Crippen LogP contribution in [0.2, 0.25) is 0 Å². The molecule has 0 aliphatic heterocycles. The molecule has 0 amide bonds. The lowest BCUT2D eigenvalue weighted by molar-refractivity contribution is -0.137. The lowest BCUT2D eigenvalue weighted by atomic mass is 10.0. The second-order valence-electron chi connectivity index (χ2n) is 5.64. The Labute approximate surface area is 148 Å². The van der Waals surface area contributed by atoms with Gasteiger partial charge in [0.05, 0.1) is 5.52 Å². The van der Waals surface area contributed by atoms with Crippen molar-refractivity contribution in [1.29, 1.82) is 0 Å². The van der Waals surface area contributed by atoms with E-state index in [4.69, 9.17) is 10.2 Å². The Bertz CT molecular complexity index is 1150. The minimum Gasteiger partial charge on any atom is -0.480 e. The van der Waals surface area contributed by atoms with Crippen LogP contribution < -0.4 is 5.14 Å². The van der Waals surface area contributed by atoms with Crippen molar-refractivity contribution in [1.82, 2.24) is 14.8 Å². The summed E-state index contributed by atoms with van der Waals surface area (Å²) in [4.78, 5) is 26.6. The Morgan fingerprint density at radius 1 is 1.19 bits per heavy atom. The van der Waals surface area contributed by atoms with E-state index in [0.717, 1.165) is 6.20 Å². The molecule has 26 heavy (non-hydrogen) atoms. The molecule has 10 heteroatoms. The maximum absolute atomic E-state index is 11.9. The third kappa shape index (κ3) is 3.32. The number of nitrogens with two attached hydrogens (primary N) is 1. The van der Waals surface area contributed by atoms with Crippen LogP contribution >= 0.6 is 0 Å². The molecule has 0 saturated heterocycles. The van der Waals surface area contributed by atoms with Crippen LogP contribution in [0.4, 0.5) is 0 Å². The highest BCUT2D eigenvalue weighted by atomic mass is 32.2. The van der Waals surface area contributed by atoms with E-state index in [-0.39, 0.29) is 22.9 Å². The van der Waals surface area contributed by atoms with Crippen molar-refractivity contribution >= 4 is 32.7 Å². The Morgan fingerprint density at radius 2 is 1.92 bits per heavy atom. The van der Waals surface area contributed by atoms with Crippen LogP contribution in [-0.4, -0.2) is 40.0 Å². The third-order valence-electron chi connectivity index (χ3n) is 3.74. The van der Waals surface area contributed by atoms with Gasteiger partial charge in [-0.25, -0.2) is 13.6 Å². The smallest absolute Gasteiger partial charge is 0.325 e. The van der Waals surface area contributed by atoms with Gasteiger partial charge in [-0.1, -0.05) is 6.07 Å². The number of sulfonamides is 1. The molecule has 0 bridgehead atoms. The van der Waals surface area contributed by atoms with Crippen LogP contribution in [0.1, 0.15) is 17.4 Å². The molecule has 0 aliphatic rings. The minimum atomic E-state index is -3.91. The second kappa shape index (κ2) is 6.32. The van der Waals surface area contributed by atoms with Gasteiger partial charge in [-0.2, -0.15) is 5.10 Å². The number of hydrogen-bond donors (Lipinski definition) is 2. The van der Waals surface area contributed by atoms with Crippen molar-refractivity contribution in [3.63, 3.8) is 0 Å². The summed E-state index contributed by atoms with van der Waals surface area (Å²) in [7, 11) is -3.91. The zero-order valence-corrected chi connectivity index (χ0v) is 14.4. The largest absolute Gasteiger partial charge is 0.480 e. The maximum Gasteiger partial charge on any atom is 0.325 e. The average Bonchev–Trinajstić information content (AvgIpc) is 2.92. The number of carbonyl (C=O) groups is 2. The van der Waals surface area contributed by atoms with Gasteiger partial charge in [0.2, 0.25) is 10.0 Å². The zero-order valence-electron chi connectivity index (χ0n) is 13.6. The Morgan fingerprint density at radius 3 is 2.54 bits per heavy atom. The molecule has 0 atom stereocenters. The summed E-state index contributed by atoms with van der Waals surface area (Å²) in [5.41, 5.74) is 1.70. The molecule has 0 aliphatic carbocycles. The van der Waals surface area contributed by atoms with Crippen molar-refractivity contribution in [2.45, 2.75) is 18.4 Å². The third-order valence-corrected chi connectivity index (χ3v) is 4.62. The quantitative estimate of drug-likeness (QED) is 0.634. The molecule has 3 aromatic rings. The molecule has 0 fully saturated rings. The van der Waals surface area contributed by atoms with Gasteiger partial charge in [-0.3, -0.25) is 19.3 Å². The highest BCUT2D eigenvalue weighted by Gasteiger charge is 2.17. The molecule has 3 N–H and O–H groups in total. The fourth-order valence-electron chi connectivity index (χ4n) is 2.60. The number of fused-ring (bicyclic) bond motifs is 1. The van der Waals surface area contributed by atoms with Gasteiger partial charge in [0.1, 0.15) is 17.1 Å². The number of Topliss-reactive ketones (excluding diaryl/α,β-unsaturated/α-hetero) is 1. The maximum atomic E-state index is 11.9. The van der Waals surface area contributed by atoms with Gasteiger partial charge in [0.15, 0.2) is 5.78 Å². The lowest BCUT2D eigenvalue weighted by Gasteiger charge is -2.05. The first-order valence-corrected chi connectivity index (χ1v) is 8.93. The Hall–Kier alpha value is -3.11. The van der Waals surface area contributed by atoms with Crippen LogP contribution in [-0.2, 0) is 21.4 Å². The Balaban J connectivity index is 2.19. The SMILES string of the molecule is CC(=O)c1nn(CC(=O)O)c2ccc(-c3cncc(S(N)(=O)=O)c3)cc12. The molecule has 2 aromatic heterocycles. The summed E-state index contributed by atoms with van der Waals surface area (Å²) < 4.78 is 24.2. The fraction of sp³-hybridized carbons (Fsp3) is 0.125. The van der Waals surface area contributed by atoms with Gasteiger partial charge in [0, 0.05) is 30.3 Å². The van der Waals surface area contributed by atoms with E-state index in [1.165, 1.54) is 23.9 Å². The molecule has 0 radical (unpaired) electrons. The highest BCUT2D eigenvalue weighted by molar-refractivity contribution is 7.89. The van der Waals surface area contributed by atoms with Crippen molar-refractivity contribution in [3.8, 4) is 11.1 Å². The Kier molecular flexibility index (Phi) is 4.30. The first-order chi connectivity index (χ1) is 12.2. The number of carbonyl (C=O) groups excluding carboxylic acids is 1. The van der Waals surface area contributed by atoms with Gasteiger partial charge in [-0.05, 0) is 23.8 Å². The van der Waals surface area contributed by atoms with Crippen molar-refractivity contribution < 1.29 is 23.1 Å². The van der Waals surface area contributed by atoms with E-state index >= 15 is 0 Å². The topological polar surface area (TPSA) is 145 Å². The first kappa shape index (κ1) is 17.7. The van der Waals surface area contributed by atoms with E-state index in [1.807, 2.05) is 0 Å². The summed E-state index contributed by atoms with van der Waals surface area (Å²) in [5, 5.41) is 18.7. The molecule has 9 nitrogen and oxygen atoms in total. The number of aliphatic carboxylic acids is 1. The predicted octanol–water partition coefficient (Wildman–Crippen LogP) is 1.03. The molecular formula is C16H14N4O5S. The predicted molar refractivity (Wildman–Crippen MR) is 92.0 cm³/mol. The van der Waals surface area contributed by atoms with E-state index in [1.54, 1.807) is 18.2 Å².